The average molecular weight is 464 g/mol. The van der Waals surface area contributed by atoms with Crippen LogP contribution in [-0.4, -0.2) is 38.2 Å². The zero-order valence-corrected chi connectivity index (χ0v) is 18.7. The molecule has 0 saturated heterocycles. The number of rotatable bonds is 7. The average Bonchev–Trinajstić information content (AvgIpc) is 3.20. The Balaban J connectivity index is 1.35. The normalized spacial score (nSPS) is 11.5. The van der Waals surface area contributed by atoms with Crippen LogP contribution >= 0.6 is 11.6 Å². The van der Waals surface area contributed by atoms with Gasteiger partial charge in [0.1, 0.15) is 5.75 Å². The predicted octanol–water partition coefficient (Wildman–Crippen LogP) is 3.96. The van der Waals surface area contributed by atoms with Crippen molar-refractivity contribution in [1.82, 2.24) is 24.5 Å². The lowest BCUT2D eigenvalue weighted by Crippen LogP contribution is -2.12. The highest BCUT2D eigenvalue weighted by molar-refractivity contribution is 6.31. The number of unbranched alkanes of at least 4 members (excludes halogenated alkanes) is 1. The SMILES string of the molecule is COc1ccc2nc3cc(Cl)ccc3c(NCCCCn3cnc4c(=O)[nH]c(N)nc43)c2c1. The number of pyridine rings is 1. The zero-order valence-electron chi connectivity index (χ0n) is 17.9. The van der Waals surface area contributed by atoms with Gasteiger partial charge in [0.05, 0.1) is 30.2 Å². The second-order valence-corrected chi connectivity index (χ2v) is 8.16. The fourth-order valence-corrected chi connectivity index (χ4v) is 4.14. The Bertz CT molecular complexity index is 1540. The van der Waals surface area contributed by atoms with Gasteiger partial charge in [-0.25, -0.2) is 9.97 Å². The van der Waals surface area contributed by atoms with Crippen molar-refractivity contribution in [1.29, 1.82) is 0 Å². The molecule has 0 atom stereocenters. The summed E-state index contributed by atoms with van der Waals surface area (Å²) in [6, 6.07) is 11.6. The van der Waals surface area contributed by atoms with Crippen LogP contribution in [0.3, 0.4) is 0 Å². The maximum absolute atomic E-state index is 11.9. The molecular weight excluding hydrogens is 442 g/mol. The smallest absolute Gasteiger partial charge is 0.280 e. The Hall–Kier alpha value is -3.85. The molecule has 0 saturated carbocycles. The minimum Gasteiger partial charge on any atom is -0.497 e. The van der Waals surface area contributed by atoms with Crippen LogP contribution in [0.25, 0.3) is 33.0 Å². The first-order valence-corrected chi connectivity index (χ1v) is 10.9. The third-order valence-corrected chi connectivity index (χ3v) is 5.80. The molecule has 0 spiro atoms. The summed E-state index contributed by atoms with van der Waals surface area (Å²) in [5.41, 5.74) is 8.84. The van der Waals surface area contributed by atoms with Crippen molar-refractivity contribution in [2.45, 2.75) is 19.4 Å². The molecule has 0 unspecified atom stereocenters. The van der Waals surface area contributed by atoms with Crippen molar-refractivity contribution in [2.24, 2.45) is 0 Å². The van der Waals surface area contributed by atoms with E-state index in [0.717, 1.165) is 52.6 Å². The van der Waals surface area contributed by atoms with Gasteiger partial charge in [-0.2, -0.15) is 4.98 Å². The van der Waals surface area contributed by atoms with Crippen molar-refractivity contribution >= 4 is 56.2 Å². The highest BCUT2D eigenvalue weighted by Crippen LogP contribution is 2.34. The Kier molecular flexibility index (Phi) is 5.47. The molecule has 5 aromatic rings. The van der Waals surface area contributed by atoms with Gasteiger partial charge >= 0.3 is 0 Å². The van der Waals surface area contributed by atoms with E-state index in [1.165, 1.54) is 0 Å². The van der Waals surface area contributed by atoms with E-state index < -0.39 is 0 Å². The number of nitrogens with zero attached hydrogens (tertiary/aromatic N) is 4. The molecule has 9 nitrogen and oxygen atoms in total. The number of fused-ring (bicyclic) bond motifs is 3. The summed E-state index contributed by atoms with van der Waals surface area (Å²) in [5.74, 6) is 0.859. The van der Waals surface area contributed by atoms with E-state index in [0.29, 0.717) is 22.7 Å². The number of ether oxygens (including phenoxy) is 1. The van der Waals surface area contributed by atoms with E-state index in [2.05, 4.69) is 20.3 Å². The van der Waals surface area contributed by atoms with Gasteiger partial charge in [-0.1, -0.05) is 11.6 Å². The topological polar surface area (TPSA) is 124 Å². The number of aromatic nitrogens is 5. The van der Waals surface area contributed by atoms with Crippen molar-refractivity contribution in [3.8, 4) is 5.75 Å². The summed E-state index contributed by atoms with van der Waals surface area (Å²) in [6.45, 7) is 1.42. The Morgan fingerprint density at radius 2 is 2.00 bits per heavy atom. The van der Waals surface area contributed by atoms with Crippen LogP contribution in [0.2, 0.25) is 5.02 Å². The molecule has 0 aliphatic carbocycles. The number of anilines is 2. The fraction of sp³-hybridized carbons (Fsp3) is 0.217. The van der Waals surface area contributed by atoms with Gasteiger partial charge in [0.15, 0.2) is 11.2 Å². The summed E-state index contributed by atoms with van der Waals surface area (Å²) >= 11 is 6.20. The van der Waals surface area contributed by atoms with Gasteiger partial charge in [0.2, 0.25) is 5.95 Å². The van der Waals surface area contributed by atoms with E-state index in [1.807, 2.05) is 41.0 Å². The summed E-state index contributed by atoms with van der Waals surface area (Å²) < 4.78 is 7.27. The number of aryl methyl sites for hydroxylation is 1. The van der Waals surface area contributed by atoms with Gasteiger partial charge in [-0.05, 0) is 49.2 Å². The molecule has 33 heavy (non-hydrogen) atoms. The first kappa shape index (κ1) is 21.0. The predicted molar refractivity (Wildman–Crippen MR) is 131 cm³/mol. The van der Waals surface area contributed by atoms with Crippen molar-refractivity contribution in [2.75, 3.05) is 24.7 Å². The fourth-order valence-electron chi connectivity index (χ4n) is 3.97. The number of halogens is 1. The van der Waals surface area contributed by atoms with Crippen molar-refractivity contribution < 1.29 is 4.74 Å². The molecule has 0 aliphatic heterocycles. The maximum Gasteiger partial charge on any atom is 0.280 e. The number of nitrogens with one attached hydrogen (secondary N) is 2. The highest BCUT2D eigenvalue weighted by atomic mass is 35.5. The van der Waals surface area contributed by atoms with Gasteiger partial charge in [0, 0.05) is 28.9 Å². The summed E-state index contributed by atoms with van der Waals surface area (Å²) in [6.07, 6.45) is 3.38. The number of hydrogen-bond donors (Lipinski definition) is 3. The summed E-state index contributed by atoms with van der Waals surface area (Å²) in [7, 11) is 1.65. The minimum atomic E-state index is -0.329. The highest BCUT2D eigenvalue weighted by Gasteiger charge is 2.12. The largest absolute Gasteiger partial charge is 0.497 e. The third-order valence-electron chi connectivity index (χ3n) is 5.56. The first-order valence-electron chi connectivity index (χ1n) is 10.5. The molecule has 168 valence electrons. The van der Waals surface area contributed by atoms with E-state index in [1.54, 1.807) is 13.4 Å². The number of aromatic amines is 1. The van der Waals surface area contributed by atoms with Crippen molar-refractivity contribution in [3.63, 3.8) is 0 Å². The first-order chi connectivity index (χ1) is 16.0. The molecule has 2 aromatic carbocycles. The van der Waals surface area contributed by atoms with Gasteiger partial charge in [-0.3, -0.25) is 9.78 Å². The Morgan fingerprint density at radius 1 is 1.12 bits per heavy atom. The second kappa shape index (κ2) is 8.59. The van der Waals surface area contributed by atoms with Gasteiger partial charge < -0.3 is 20.4 Å². The molecular formula is C23H22ClN7O2. The molecule has 3 heterocycles. The summed E-state index contributed by atoms with van der Waals surface area (Å²) in [4.78, 5) is 27.5. The number of imidazole rings is 1. The lowest BCUT2D eigenvalue weighted by molar-refractivity contribution is 0.415. The monoisotopic (exact) mass is 463 g/mol. The van der Waals surface area contributed by atoms with E-state index in [-0.39, 0.29) is 11.5 Å². The second-order valence-electron chi connectivity index (χ2n) is 7.73. The molecule has 0 bridgehead atoms. The number of methoxy groups -OCH3 is 1. The molecule has 3 aromatic heterocycles. The van der Waals surface area contributed by atoms with Crippen LogP contribution in [0.1, 0.15) is 12.8 Å². The Morgan fingerprint density at radius 3 is 2.85 bits per heavy atom. The molecule has 5 rings (SSSR count). The van der Waals surface area contributed by atoms with Crippen LogP contribution in [0.15, 0.2) is 47.5 Å². The van der Waals surface area contributed by atoms with Crippen LogP contribution in [-0.2, 0) is 6.54 Å². The van der Waals surface area contributed by atoms with Crippen LogP contribution in [0, 0.1) is 0 Å². The van der Waals surface area contributed by atoms with E-state index in [4.69, 9.17) is 27.1 Å². The molecule has 0 aliphatic rings. The number of nitrogen functional groups attached to an aromatic ring is 1. The molecule has 0 fully saturated rings. The Labute approximate surface area is 193 Å². The summed E-state index contributed by atoms with van der Waals surface area (Å²) in [5, 5.41) is 6.22. The van der Waals surface area contributed by atoms with Crippen molar-refractivity contribution in [3.05, 3.63) is 58.1 Å². The number of benzene rings is 2. The van der Waals surface area contributed by atoms with Crippen LogP contribution in [0.4, 0.5) is 11.6 Å². The minimum absolute atomic E-state index is 0.0860. The van der Waals surface area contributed by atoms with Gasteiger partial charge in [0.25, 0.3) is 5.56 Å². The number of H-pyrrole nitrogens is 1. The van der Waals surface area contributed by atoms with Gasteiger partial charge in [-0.15, -0.1) is 0 Å². The molecule has 0 amide bonds. The van der Waals surface area contributed by atoms with Crippen LogP contribution in [0.5, 0.6) is 5.75 Å². The zero-order chi connectivity index (χ0) is 22.9. The lowest BCUT2D eigenvalue weighted by Gasteiger charge is -2.14. The third kappa shape index (κ3) is 4.03. The maximum atomic E-state index is 11.9. The standard InChI is InChI=1S/C23H22ClN7O2/c1-33-14-5-7-17-16(11-14)19(15-6-4-13(24)10-18(15)28-17)26-8-2-3-9-31-12-27-20-21(31)29-23(25)30-22(20)32/h4-7,10-12H,2-3,8-9H2,1H3,(H,26,28)(H3,25,29,30,32). The number of nitrogens with two attached hydrogens (primary N) is 1. The molecule has 4 N–H and O–H groups in total. The van der Waals surface area contributed by atoms with E-state index in [9.17, 15) is 4.79 Å². The van der Waals surface area contributed by atoms with E-state index >= 15 is 0 Å². The molecule has 10 heteroatoms. The van der Waals surface area contributed by atoms with Crippen LogP contribution < -0.4 is 21.3 Å². The lowest BCUT2D eigenvalue weighted by atomic mass is 10.1. The molecule has 0 radical (unpaired) electrons. The number of hydrogen-bond acceptors (Lipinski definition) is 7. The quantitative estimate of drug-likeness (QED) is 0.246.